The van der Waals surface area contributed by atoms with Crippen molar-refractivity contribution < 1.29 is 30.7 Å². The lowest BCUT2D eigenvalue weighted by molar-refractivity contribution is -0.138. The van der Waals surface area contributed by atoms with Gasteiger partial charge in [0.05, 0.1) is 22.8 Å². The van der Waals surface area contributed by atoms with Crippen molar-refractivity contribution in [3.63, 3.8) is 0 Å². The lowest BCUT2D eigenvalue weighted by atomic mass is 10.1. The highest BCUT2D eigenvalue weighted by Crippen LogP contribution is 2.36. The summed E-state index contributed by atoms with van der Waals surface area (Å²) < 4.78 is 95.2. The molecule has 4 aromatic rings. The van der Waals surface area contributed by atoms with E-state index in [1.165, 1.54) is 22.9 Å². The van der Waals surface area contributed by atoms with E-state index < -0.39 is 58.0 Å². The molecule has 0 unspecified atom stereocenters. The Bertz CT molecular complexity index is 1750. The Morgan fingerprint density at radius 2 is 1.83 bits per heavy atom. The van der Waals surface area contributed by atoms with Gasteiger partial charge in [0.15, 0.2) is 5.82 Å². The van der Waals surface area contributed by atoms with Crippen LogP contribution >= 0.6 is 0 Å². The Labute approximate surface area is 225 Å². The van der Waals surface area contributed by atoms with Crippen LogP contribution in [-0.4, -0.2) is 30.8 Å². The fourth-order valence-corrected chi connectivity index (χ4v) is 5.02. The number of pyridine rings is 1. The summed E-state index contributed by atoms with van der Waals surface area (Å²) >= 11 is 0. The van der Waals surface area contributed by atoms with E-state index in [0.29, 0.717) is 25.5 Å². The molecular weight excluding hydrogens is 563 g/mol. The third-order valence-corrected chi connectivity index (χ3v) is 6.92. The predicted octanol–water partition coefficient (Wildman–Crippen LogP) is 4.58. The Morgan fingerprint density at radius 3 is 2.51 bits per heavy atom. The number of halogens is 7. The highest BCUT2D eigenvalue weighted by Gasteiger charge is 2.38. The van der Waals surface area contributed by atoms with Crippen molar-refractivity contribution in [2.75, 3.05) is 11.1 Å². The molecular formula is C25H20F7N7O2. The van der Waals surface area contributed by atoms with Crippen molar-refractivity contribution in [1.82, 2.24) is 24.7 Å². The summed E-state index contributed by atoms with van der Waals surface area (Å²) in [5, 5.41) is 8.25. The Morgan fingerprint density at radius 1 is 1.07 bits per heavy atom. The fraction of sp³-hybridized carbons (Fsp3) is 0.320. The maximum absolute atomic E-state index is 15.0. The second-order valence-electron chi connectivity index (χ2n) is 9.69. The molecule has 1 fully saturated rings. The Hall–Kier alpha value is -4.50. The van der Waals surface area contributed by atoms with E-state index >= 15 is 0 Å². The number of H-pyrrole nitrogens is 1. The van der Waals surface area contributed by atoms with E-state index in [-0.39, 0.29) is 34.6 Å². The molecule has 2 atom stereocenters. The summed E-state index contributed by atoms with van der Waals surface area (Å²) in [6.45, 7) is 0.203. The van der Waals surface area contributed by atoms with Crippen LogP contribution in [0.15, 0.2) is 46.4 Å². The normalized spacial score (nSPS) is 17.7. The van der Waals surface area contributed by atoms with Crippen LogP contribution in [0.5, 0.6) is 0 Å². The molecule has 1 aliphatic rings. The second-order valence-corrected chi connectivity index (χ2v) is 9.69. The molecule has 0 radical (unpaired) electrons. The van der Waals surface area contributed by atoms with Crippen LogP contribution in [0.3, 0.4) is 0 Å². The van der Waals surface area contributed by atoms with E-state index in [0.717, 1.165) is 12.3 Å². The Kier molecular flexibility index (Phi) is 6.95. The van der Waals surface area contributed by atoms with Crippen LogP contribution in [0.25, 0.3) is 22.2 Å². The number of hydrogen-bond donors (Lipinski definition) is 3. The average molecular weight is 583 g/mol. The number of benzene rings is 1. The number of nitrogens with zero attached hydrogens (tertiary/aromatic N) is 4. The number of rotatable bonds is 5. The summed E-state index contributed by atoms with van der Waals surface area (Å²) in [5.41, 5.74) is 0.204. The van der Waals surface area contributed by atoms with Gasteiger partial charge in [-0.15, -0.1) is 0 Å². The topological polar surface area (TPSA) is 132 Å². The summed E-state index contributed by atoms with van der Waals surface area (Å²) in [5.74, 6) is -2.30. The number of anilines is 2. The zero-order valence-electron chi connectivity index (χ0n) is 20.8. The zero-order chi connectivity index (χ0) is 29.7. The van der Waals surface area contributed by atoms with Gasteiger partial charge in [0.25, 0.3) is 11.1 Å². The minimum Gasteiger partial charge on any atom is -0.383 e. The number of hydrogen-bond acceptors (Lipinski definition) is 7. The molecule has 0 aliphatic heterocycles. The average Bonchev–Trinajstić information content (AvgIpc) is 3.31. The molecule has 4 N–H and O–H groups in total. The molecule has 3 heterocycles. The highest BCUT2D eigenvalue weighted by atomic mass is 19.4. The maximum atomic E-state index is 15.0. The smallest absolute Gasteiger partial charge is 0.383 e. The summed E-state index contributed by atoms with van der Waals surface area (Å²) in [4.78, 5) is 32.0. The van der Waals surface area contributed by atoms with Gasteiger partial charge in [0, 0.05) is 25.0 Å². The predicted molar refractivity (Wildman–Crippen MR) is 133 cm³/mol. The van der Waals surface area contributed by atoms with Crippen molar-refractivity contribution >= 4 is 22.3 Å². The molecule has 0 bridgehead atoms. The number of fused-ring (bicyclic) bond motifs is 1. The van der Waals surface area contributed by atoms with Gasteiger partial charge >= 0.3 is 12.4 Å². The van der Waals surface area contributed by atoms with Gasteiger partial charge in [0.2, 0.25) is 0 Å². The molecule has 1 saturated carbocycles. The highest BCUT2D eigenvalue weighted by molar-refractivity contribution is 5.86. The molecule has 216 valence electrons. The van der Waals surface area contributed by atoms with E-state index in [2.05, 4.69) is 20.4 Å². The van der Waals surface area contributed by atoms with E-state index in [1.807, 2.05) is 0 Å². The molecule has 1 aliphatic carbocycles. The number of aromatic nitrogens is 5. The van der Waals surface area contributed by atoms with Crippen molar-refractivity contribution in [2.45, 2.75) is 44.2 Å². The molecule has 0 spiro atoms. The van der Waals surface area contributed by atoms with Crippen molar-refractivity contribution in [1.29, 1.82) is 0 Å². The minimum atomic E-state index is -4.88. The molecule has 0 saturated heterocycles. The Balaban J connectivity index is 1.35. The molecule has 0 amide bonds. The van der Waals surface area contributed by atoms with E-state index in [9.17, 15) is 40.3 Å². The van der Waals surface area contributed by atoms with Gasteiger partial charge in [-0.3, -0.25) is 9.59 Å². The second kappa shape index (κ2) is 10.2. The largest absolute Gasteiger partial charge is 0.423 e. The van der Waals surface area contributed by atoms with Gasteiger partial charge in [-0.1, -0.05) is 0 Å². The standard InChI is InChI=1S/C25H20F7N7O2/c26-17-7-14-12(6-15(17)21-34-8-16(20(33)37-21)24(27,28)29)3-4-39(23(14)41)10-11-1-2-13(5-11)36-18-9-35-38-22(40)19(18)25(30,31)32/h3-4,6-9,11,13H,1-2,5,10H2,(H2,33,34,37)(H2,36,38,40)/t11-,13+/m1/s1. The van der Waals surface area contributed by atoms with Crippen molar-refractivity contribution in [3.05, 3.63) is 74.4 Å². The van der Waals surface area contributed by atoms with Gasteiger partial charge in [-0.05, 0) is 48.8 Å². The quantitative estimate of drug-likeness (QED) is 0.293. The van der Waals surface area contributed by atoms with Crippen LogP contribution in [-0.2, 0) is 18.9 Å². The first-order valence-corrected chi connectivity index (χ1v) is 12.2. The molecule has 1 aromatic carbocycles. The molecule has 9 nitrogen and oxygen atoms in total. The van der Waals surface area contributed by atoms with Crippen LogP contribution in [0.4, 0.5) is 42.2 Å². The summed E-state index contributed by atoms with van der Waals surface area (Å²) in [7, 11) is 0. The monoisotopic (exact) mass is 583 g/mol. The third kappa shape index (κ3) is 5.58. The summed E-state index contributed by atoms with van der Waals surface area (Å²) in [6.07, 6.45) is -5.39. The summed E-state index contributed by atoms with van der Waals surface area (Å²) in [6, 6.07) is 3.30. The molecule has 5 rings (SSSR count). The first-order valence-electron chi connectivity index (χ1n) is 12.2. The zero-order valence-corrected chi connectivity index (χ0v) is 20.8. The number of nitrogens with two attached hydrogens (primary N) is 1. The first-order chi connectivity index (χ1) is 19.2. The van der Waals surface area contributed by atoms with Crippen LogP contribution in [0.1, 0.15) is 30.4 Å². The lowest BCUT2D eigenvalue weighted by Gasteiger charge is -2.18. The van der Waals surface area contributed by atoms with Gasteiger partial charge in [-0.2, -0.15) is 31.4 Å². The molecule has 16 heteroatoms. The van der Waals surface area contributed by atoms with E-state index in [4.69, 9.17) is 5.73 Å². The van der Waals surface area contributed by atoms with Crippen LogP contribution in [0.2, 0.25) is 0 Å². The van der Waals surface area contributed by atoms with Gasteiger partial charge in [-0.25, -0.2) is 19.5 Å². The SMILES string of the molecule is Nc1nc(-c2cc3ccn(C[C@@H]4CC[C@H](Nc5cn[nH]c(=O)c5C(F)(F)F)C4)c(=O)c3cc2F)ncc1C(F)(F)F. The number of aromatic amines is 1. The third-order valence-electron chi connectivity index (χ3n) is 6.92. The maximum Gasteiger partial charge on any atom is 0.423 e. The van der Waals surface area contributed by atoms with Crippen molar-refractivity contribution in [2.24, 2.45) is 5.92 Å². The first kappa shape index (κ1) is 28.0. The number of nitrogen functional groups attached to an aromatic ring is 1. The van der Waals surface area contributed by atoms with Gasteiger partial charge in [0.1, 0.15) is 22.8 Å². The minimum absolute atomic E-state index is 0.00529. The van der Waals surface area contributed by atoms with Crippen LogP contribution < -0.4 is 22.2 Å². The molecule has 41 heavy (non-hydrogen) atoms. The number of alkyl halides is 6. The van der Waals surface area contributed by atoms with Crippen molar-refractivity contribution in [3.8, 4) is 11.4 Å². The number of nitrogens with one attached hydrogen (secondary N) is 2. The van der Waals surface area contributed by atoms with Crippen LogP contribution in [0, 0.1) is 11.7 Å². The van der Waals surface area contributed by atoms with Gasteiger partial charge < -0.3 is 15.6 Å². The van der Waals surface area contributed by atoms with E-state index in [1.54, 1.807) is 5.10 Å². The molecule has 3 aromatic heterocycles. The lowest BCUT2D eigenvalue weighted by Crippen LogP contribution is -2.28. The fourth-order valence-electron chi connectivity index (χ4n) is 5.02.